The van der Waals surface area contributed by atoms with Gasteiger partial charge in [0.25, 0.3) is 0 Å². The van der Waals surface area contributed by atoms with Crippen LogP contribution in [-0.2, 0) is 9.84 Å². The van der Waals surface area contributed by atoms with Crippen LogP contribution in [0, 0.1) is 0 Å². The number of ether oxygens (including phenoxy) is 1. The molecule has 0 atom stereocenters. The molecule has 0 unspecified atom stereocenters. The third-order valence-electron chi connectivity index (χ3n) is 16.4. The van der Waals surface area contributed by atoms with E-state index in [4.69, 9.17) is 9.72 Å². The molecule has 0 N–H and O–H groups in total. The largest absolute Gasteiger partial charge is 0.455 e. The number of para-hydroxylation sites is 9. The average Bonchev–Trinajstić information content (AvgIpc) is 3.77. The first-order valence-electron chi connectivity index (χ1n) is 26.8. The average molecular weight is 1050 g/mol. The molecule has 9 heteroatoms. The van der Waals surface area contributed by atoms with Gasteiger partial charge in [0.1, 0.15) is 21.3 Å². The number of rotatable bonds is 4. The highest BCUT2D eigenvalue weighted by molar-refractivity contribution is 7.91. The topological polar surface area (TPSA) is 76.0 Å². The maximum Gasteiger partial charge on any atom is 0.213 e. The van der Waals surface area contributed by atoms with E-state index in [0.717, 1.165) is 121 Å². The molecular weight excluding hydrogens is 1000 g/mol. The summed E-state index contributed by atoms with van der Waals surface area (Å²) in [6.07, 6.45) is 1.96. The van der Waals surface area contributed by atoms with E-state index in [1.807, 2.05) is 18.3 Å². The Balaban J connectivity index is 1.13. The molecule has 376 valence electrons. The van der Waals surface area contributed by atoms with Crippen LogP contribution in [0.25, 0.3) is 132 Å². The predicted molar refractivity (Wildman–Crippen MR) is 326 cm³/mol. The lowest BCUT2D eigenvalue weighted by atomic mass is 9.94. The second-order valence-corrected chi connectivity index (χ2v) is 22.6. The molecule has 4 aromatic heterocycles. The van der Waals surface area contributed by atoms with Crippen molar-refractivity contribution in [2.24, 2.45) is 0 Å². The normalized spacial score (nSPS) is 13.1. The van der Waals surface area contributed by atoms with Crippen molar-refractivity contribution in [3.05, 3.63) is 261 Å². The molecule has 16 aromatic rings. The summed E-state index contributed by atoms with van der Waals surface area (Å²) in [7, 11) is -4.06. The number of aromatic nitrogens is 5. The fraction of sp³-hybridized carbons (Fsp3) is 0. The SMILES string of the molecule is O=S1(=O)c2ccccc2Oc2cc3c(cc21)c1cc(-n2c4ccccc4c4ccccc42)ccc1c1cc2c(cc1c1cc(-n4c5ccccc5c5ccccc54)cnc13)n(-c1ccccc1)c1ccccc1n2-c1ccccc1. The van der Waals surface area contributed by atoms with E-state index in [1.165, 1.54) is 0 Å². The number of nitrogens with zero attached hydrogens (tertiary/aromatic N) is 5. The summed E-state index contributed by atoms with van der Waals surface area (Å²) in [5.41, 5.74) is 12.8. The number of pyridine rings is 1. The van der Waals surface area contributed by atoms with Crippen LogP contribution in [-0.4, -0.2) is 31.7 Å². The van der Waals surface area contributed by atoms with Crippen molar-refractivity contribution in [2.75, 3.05) is 0 Å². The first-order valence-corrected chi connectivity index (χ1v) is 28.2. The molecule has 0 fully saturated rings. The standard InChI is InChI=1S/C71H43N5O3S/c77-80(78)69-34-18-17-33-67(69)79-68-41-58-56(42-70(68)80)53-37-46(75-59-27-11-7-23-49(59)50-24-8-12-28-60(50)75)35-36-48(53)54-39-65-66(74(45-21-5-2-6-22-45)64-32-16-15-31-63(64)73(65)44-19-3-1-4-20-44)40-55(54)57-38-47(43-72-71(57)58)76-61-29-13-9-25-51(61)52-26-10-14-30-62(52)76/h1-43H. The van der Waals surface area contributed by atoms with Gasteiger partial charge in [0, 0.05) is 49.4 Å². The van der Waals surface area contributed by atoms with Gasteiger partial charge in [0.2, 0.25) is 9.84 Å². The summed E-state index contributed by atoms with van der Waals surface area (Å²) in [6.45, 7) is 0. The van der Waals surface area contributed by atoms with Crippen LogP contribution in [0.5, 0.6) is 11.5 Å². The van der Waals surface area contributed by atoms with Gasteiger partial charge in [0.15, 0.2) is 0 Å². The second kappa shape index (κ2) is 16.8. The highest BCUT2D eigenvalue weighted by atomic mass is 32.2. The third-order valence-corrected chi connectivity index (χ3v) is 18.2. The Morgan fingerprint density at radius 3 is 1.25 bits per heavy atom. The summed E-state index contributed by atoms with van der Waals surface area (Å²) in [5.74, 6) is 0.536. The van der Waals surface area contributed by atoms with E-state index < -0.39 is 9.84 Å². The van der Waals surface area contributed by atoms with Gasteiger partial charge in [-0.15, -0.1) is 0 Å². The van der Waals surface area contributed by atoms with E-state index in [0.29, 0.717) is 10.9 Å². The number of benzene rings is 11. The molecule has 0 spiro atoms. The second-order valence-electron chi connectivity index (χ2n) is 20.7. The Kier molecular flexibility index (Phi) is 9.35. The minimum atomic E-state index is -4.06. The maximum absolute atomic E-state index is 15.1. The quantitative estimate of drug-likeness (QED) is 0.165. The molecule has 0 radical (unpaired) electrons. The molecule has 0 saturated heterocycles. The molecule has 17 rings (SSSR count). The van der Waals surface area contributed by atoms with Crippen LogP contribution in [0.15, 0.2) is 271 Å². The van der Waals surface area contributed by atoms with E-state index in [2.05, 4.69) is 237 Å². The third kappa shape index (κ3) is 6.31. The lowest BCUT2D eigenvalue weighted by Gasteiger charge is -2.23. The fourth-order valence-electron chi connectivity index (χ4n) is 13.0. The first-order chi connectivity index (χ1) is 39.5. The van der Waals surface area contributed by atoms with Crippen LogP contribution in [0.2, 0.25) is 0 Å². The highest BCUT2D eigenvalue weighted by Gasteiger charge is 2.32. The zero-order valence-corrected chi connectivity index (χ0v) is 43.5. The Hall–Kier alpha value is -10.5. The van der Waals surface area contributed by atoms with E-state index >= 15 is 8.42 Å². The van der Waals surface area contributed by atoms with Crippen molar-refractivity contribution in [3.63, 3.8) is 0 Å². The molecule has 5 heterocycles. The van der Waals surface area contributed by atoms with Gasteiger partial charge in [-0.25, -0.2) is 8.42 Å². The van der Waals surface area contributed by atoms with Gasteiger partial charge in [-0.3, -0.25) is 4.98 Å². The maximum atomic E-state index is 15.1. The van der Waals surface area contributed by atoms with E-state index in [1.54, 1.807) is 24.3 Å². The van der Waals surface area contributed by atoms with Gasteiger partial charge >= 0.3 is 0 Å². The molecule has 0 amide bonds. The van der Waals surface area contributed by atoms with Crippen molar-refractivity contribution in [2.45, 2.75) is 9.79 Å². The van der Waals surface area contributed by atoms with Gasteiger partial charge in [0.05, 0.1) is 61.5 Å². The minimum absolute atomic E-state index is 0.100. The number of sulfone groups is 1. The lowest BCUT2D eigenvalue weighted by Crippen LogP contribution is -2.11. The highest BCUT2D eigenvalue weighted by Crippen LogP contribution is 2.48. The van der Waals surface area contributed by atoms with Crippen LogP contribution >= 0.6 is 0 Å². The molecular formula is C71H43N5O3S. The molecule has 0 saturated carbocycles. The van der Waals surface area contributed by atoms with Crippen molar-refractivity contribution < 1.29 is 13.2 Å². The van der Waals surface area contributed by atoms with Crippen LogP contribution in [0.4, 0.5) is 0 Å². The molecule has 0 aliphatic carbocycles. The number of hydrogen-bond donors (Lipinski definition) is 0. The zero-order valence-electron chi connectivity index (χ0n) is 42.7. The summed E-state index contributed by atoms with van der Waals surface area (Å²) in [4.78, 5) is 5.85. The zero-order chi connectivity index (χ0) is 52.8. The Morgan fingerprint density at radius 2 is 0.688 bits per heavy atom. The molecule has 80 heavy (non-hydrogen) atoms. The van der Waals surface area contributed by atoms with Gasteiger partial charge in [-0.05, 0) is 142 Å². The van der Waals surface area contributed by atoms with Gasteiger partial charge in [-0.1, -0.05) is 140 Å². The minimum Gasteiger partial charge on any atom is -0.455 e. The van der Waals surface area contributed by atoms with Crippen molar-refractivity contribution in [1.82, 2.24) is 23.3 Å². The lowest BCUT2D eigenvalue weighted by molar-refractivity contribution is 0.444. The van der Waals surface area contributed by atoms with Crippen LogP contribution in [0.3, 0.4) is 0 Å². The van der Waals surface area contributed by atoms with E-state index in [9.17, 15) is 0 Å². The number of fused-ring (bicyclic) bond motifs is 18. The molecule has 0 bridgehead atoms. The summed E-state index contributed by atoms with van der Waals surface area (Å²) < 4.78 is 46.2. The Morgan fingerprint density at radius 1 is 0.275 bits per heavy atom. The number of hydrogen-bond acceptors (Lipinski definition) is 4. The van der Waals surface area contributed by atoms with Crippen LogP contribution < -0.4 is 4.74 Å². The smallest absolute Gasteiger partial charge is 0.213 e. The Labute approximate surface area is 457 Å². The van der Waals surface area contributed by atoms with Crippen molar-refractivity contribution >= 4 is 119 Å². The monoisotopic (exact) mass is 1050 g/mol. The summed E-state index contributed by atoms with van der Waals surface area (Å²) >= 11 is 0. The summed E-state index contributed by atoms with van der Waals surface area (Å²) in [6, 6.07) is 88.2. The Bertz CT molecular complexity index is 5430. The van der Waals surface area contributed by atoms with Gasteiger partial charge < -0.3 is 23.0 Å². The predicted octanol–water partition coefficient (Wildman–Crippen LogP) is 17.8. The van der Waals surface area contributed by atoms with Crippen molar-refractivity contribution in [3.8, 4) is 34.2 Å². The first kappa shape index (κ1) is 44.6. The molecule has 1 aliphatic rings. The molecule has 12 aromatic carbocycles. The fourth-order valence-corrected chi connectivity index (χ4v) is 14.5. The van der Waals surface area contributed by atoms with Crippen LogP contribution in [0.1, 0.15) is 0 Å². The van der Waals surface area contributed by atoms with Crippen molar-refractivity contribution in [1.29, 1.82) is 0 Å². The van der Waals surface area contributed by atoms with E-state index in [-0.39, 0.29) is 21.3 Å². The summed E-state index contributed by atoms with van der Waals surface area (Å²) in [5, 5.41) is 10.6. The molecule has 8 nitrogen and oxygen atoms in total. The molecule has 1 aliphatic heterocycles. The van der Waals surface area contributed by atoms with Gasteiger partial charge in [-0.2, -0.15) is 0 Å².